The van der Waals surface area contributed by atoms with Crippen LogP contribution in [0.15, 0.2) is 12.1 Å². The molecule has 0 aliphatic rings. The minimum absolute atomic E-state index is 1.04. The summed E-state index contributed by atoms with van der Waals surface area (Å²) in [6.07, 6.45) is 0. The highest BCUT2D eigenvalue weighted by Crippen LogP contribution is 2.20. The maximum atomic E-state index is 8.36. The Hall–Kier alpha value is -1.82. The zero-order valence-corrected chi connectivity index (χ0v) is 8.94. The topological polar surface area (TPSA) is 101 Å². The fourth-order valence-electron chi connectivity index (χ4n) is 1.41. The van der Waals surface area contributed by atoms with Crippen molar-refractivity contribution >= 4 is 5.69 Å². The molecule has 0 saturated carbocycles. The molecule has 15 heavy (non-hydrogen) atoms. The van der Waals surface area contributed by atoms with E-state index in [1.165, 1.54) is 16.7 Å². The highest BCUT2D eigenvalue weighted by Gasteiger charge is 1.99. The molecule has 0 amide bonds. The normalized spacial score (nSPS) is 8.80. The molecule has 0 fully saturated rings. The molecule has 0 aliphatic heterocycles. The van der Waals surface area contributed by atoms with Gasteiger partial charge in [-0.15, -0.1) is 10.1 Å². The molecule has 84 valence electrons. The molecule has 0 unspecified atom stereocenters. The van der Waals surface area contributed by atoms with Crippen LogP contribution >= 0.6 is 0 Å². The standard InChI is InChI=1S/C9H14N2.HNO3/c1-6-4-7(2)9(11-10)8(3)5-6;2-1(3)4/h4-5,11H,10H2,1-3H3;(H,2,3,4). The Morgan fingerprint density at radius 3 is 1.93 bits per heavy atom. The van der Waals surface area contributed by atoms with Crippen molar-refractivity contribution in [3.63, 3.8) is 0 Å². The van der Waals surface area contributed by atoms with E-state index in [-0.39, 0.29) is 0 Å². The Morgan fingerprint density at radius 2 is 1.67 bits per heavy atom. The molecule has 0 radical (unpaired) electrons. The molecule has 6 heteroatoms. The smallest absolute Gasteiger partial charge is 0.291 e. The molecule has 1 rings (SSSR count). The fraction of sp³-hybridized carbons (Fsp3) is 0.333. The highest BCUT2D eigenvalue weighted by atomic mass is 16.9. The monoisotopic (exact) mass is 213 g/mol. The quantitative estimate of drug-likeness (QED) is 0.373. The van der Waals surface area contributed by atoms with Crippen LogP contribution in [0.3, 0.4) is 0 Å². The SMILES string of the molecule is Cc1cc(C)c(NN)c(C)c1.O=[N+]([O-])O. The zero-order valence-electron chi connectivity index (χ0n) is 8.94. The summed E-state index contributed by atoms with van der Waals surface area (Å²) in [6.45, 7) is 6.19. The first kappa shape index (κ1) is 13.2. The fourth-order valence-corrected chi connectivity index (χ4v) is 1.41. The number of nitrogens with one attached hydrogen (secondary N) is 1. The van der Waals surface area contributed by atoms with Gasteiger partial charge in [-0.3, -0.25) is 5.84 Å². The van der Waals surface area contributed by atoms with Crippen LogP contribution < -0.4 is 11.3 Å². The Labute approximate surface area is 87.8 Å². The van der Waals surface area contributed by atoms with Gasteiger partial charge in [0, 0.05) is 0 Å². The second-order valence-electron chi connectivity index (χ2n) is 3.16. The average Bonchev–Trinajstić information content (AvgIpc) is 2.01. The van der Waals surface area contributed by atoms with Crippen LogP contribution in [-0.4, -0.2) is 10.3 Å². The van der Waals surface area contributed by atoms with E-state index in [9.17, 15) is 0 Å². The number of rotatable bonds is 1. The number of aryl methyl sites for hydroxylation is 3. The summed E-state index contributed by atoms with van der Waals surface area (Å²) < 4.78 is 0. The van der Waals surface area contributed by atoms with Gasteiger partial charge in [0.1, 0.15) is 0 Å². The van der Waals surface area contributed by atoms with E-state index in [0.717, 1.165) is 5.69 Å². The predicted molar refractivity (Wildman–Crippen MR) is 57.2 cm³/mol. The van der Waals surface area contributed by atoms with Crippen molar-refractivity contribution in [2.24, 2.45) is 5.84 Å². The Morgan fingerprint density at radius 1 is 1.33 bits per heavy atom. The summed E-state index contributed by atoms with van der Waals surface area (Å²) in [5, 5.41) is 13.6. The third-order valence-corrected chi connectivity index (χ3v) is 1.82. The van der Waals surface area contributed by atoms with Crippen LogP contribution in [0.2, 0.25) is 0 Å². The lowest BCUT2D eigenvalue weighted by atomic mass is 10.1. The summed E-state index contributed by atoms with van der Waals surface area (Å²) in [5.74, 6) is 5.35. The number of benzene rings is 1. The zero-order chi connectivity index (χ0) is 12.0. The van der Waals surface area contributed by atoms with Crippen LogP contribution in [-0.2, 0) is 0 Å². The minimum atomic E-state index is -1.50. The third-order valence-electron chi connectivity index (χ3n) is 1.82. The number of hydrogen-bond acceptors (Lipinski definition) is 4. The third kappa shape index (κ3) is 4.82. The van der Waals surface area contributed by atoms with Gasteiger partial charge in [0.05, 0.1) is 5.69 Å². The van der Waals surface area contributed by atoms with Crippen molar-refractivity contribution < 1.29 is 10.3 Å². The number of nitrogen functional groups attached to an aromatic ring is 1. The summed E-state index contributed by atoms with van der Waals surface area (Å²) in [5.41, 5.74) is 7.40. The molecule has 4 N–H and O–H groups in total. The second-order valence-corrected chi connectivity index (χ2v) is 3.16. The first-order valence-electron chi connectivity index (χ1n) is 4.26. The van der Waals surface area contributed by atoms with Crippen molar-refractivity contribution in [3.05, 3.63) is 38.9 Å². The first-order valence-corrected chi connectivity index (χ1v) is 4.26. The largest absolute Gasteiger partial charge is 0.328 e. The summed E-state index contributed by atoms with van der Waals surface area (Å²) in [7, 11) is 0. The lowest BCUT2D eigenvalue weighted by molar-refractivity contribution is -0.742. The van der Waals surface area contributed by atoms with Crippen LogP contribution in [0.4, 0.5) is 5.69 Å². The van der Waals surface area contributed by atoms with E-state index in [1.807, 2.05) is 0 Å². The highest BCUT2D eigenvalue weighted by molar-refractivity contribution is 5.57. The van der Waals surface area contributed by atoms with Gasteiger partial charge in [-0.25, -0.2) is 0 Å². The number of nitrogens with zero attached hydrogens (tertiary/aromatic N) is 1. The predicted octanol–water partition coefficient (Wildman–Crippen LogP) is 1.55. The summed E-state index contributed by atoms with van der Waals surface area (Å²) >= 11 is 0. The van der Waals surface area contributed by atoms with E-state index < -0.39 is 5.09 Å². The lowest BCUT2D eigenvalue weighted by Crippen LogP contribution is -2.09. The molecule has 0 aliphatic carbocycles. The molecular weight excluding hydrogens is 198 g/mol. The number of hydrogen-bond donors (Lipinski definition) is 3. The van der Waals surface area contributed by atoms with Gasteiger partial charge in [-0.1, -0.05) is 17.7 Å². The molecule has 0 aromatic heterocycles. The maximum Gasteiger partial charge on any atom is 0.291 e. The van der Waals surface area contributed by atoms with Crippen LogP contribution in [0.5, 0.6) is 0 Å². The number of nitrogens with two attached hydrogens (primary N) is 1. The van der Waals surface area contributed by atoms with Crippen LogP contribution in [0.1, 0.15) is 16.7 Å². The molecule has 0 saturated heterocycles. The second kappa shape index (κ2) is 5.82. The van der Waals surface area contributed by atoms with E-state index in [0.29, 0.717) is 0 Å². The molecule has 6 nitrogen and oxygen atoms in total. The number of anilines is 1. The van der Waals surface area contributed by atoms with Crippen LogP contribution in [0, 0.1) is 30.9 Å². The molecule has 0 spiro atoms. The van der Waals surface area contributed by atoms with Gasteiger partial charge in [-0.2, -0.15) is 0 Å². The van der Waals surface area contributed by atoms with Gasteiger partial charge in [0.15, 0.2) is 0 Å². The Kier molecular flexibility index (Phi) is 5.11. The average molecular weight is 213 g/mol. The molecule has 1 aromatic carbocycles. The summed E-state index contributed by atoms with van der Waals surface area (Å²) in [6, 6.07) is 4.23. The van der Waals surface area contributed by atoms with E-state index in [2.05, 4.69) is 38.3 Å². The van der Waals surface area contributed by atoms with Crippen molar-refractivity contribution in [1.82, 2.24) is 0 Å². The minimum Gasteiger partial charge on any atom is -0.328 e. The first-order chi connectivity index (χ1) is 6.88. The van der Waals surface area contributed by atoms with E-state index >= 15 is 0 Å². The van der Waals surface area contributed by atoms with Crippen molar-refractivity contribution in [3.8, 4) is 0 Å². The molecule has 0 atom stereocenters. The Bertz CT molecular complexity index is 325. The molecular formula is C9H15N3O3. The number of hydrazine groups is 1. The van der Waals surface area contributed by atoms with E-state index in [4.69, 9.17) is 21.2 Å². The van der Waals surface area contributed by atoms with Gasteiger partial charge in [-0.05, 0) is 31.9 Å². The van der Waals surface area contributed by atoms with Gasteiger partial charge in [0.2, 0.25) is 0 Å². The molecule has 0 bridgehead atoms. The van der Waals surface area contributed by atoms with Crippen molar-refractivity contribution in [2.75, 3.05) is 5.43 Å². The molecule has 0 heterocycles. The Balaban J connectivity index is 0.000000423. The lowest BCUT2D eigenvalue weighted by Gasteiger charge is -2.09. The van der Waals surface area contributed by atoms with Crippen molar-refractivity contribution in [2.45, 2.75) is 20.8 Å². The summed E-state index contributed by atoms with van der Waals surface area (Å²) in [4.78, 5) is 8.36. The van der Waals surface area contributed by atoms with Crippen molar-refractivity contribution in [1.29, 1.82) is 0 Å². The van der Waals surface area contributed by atoms with E-state index in [1.54, 1.807) is 0 Å². The maximum absolute atomic E-state index is 8.36. The van der Waals surface area contributed by atoms with Gasteiger partial charge >= 0.3 is 0 Å². The van der Waals surface area contributed by atoms with Gasteiger partial charge in [0.25, 0.3) is 5.09 Å². The molecule has 1 aromatic rings. The van der Waals surface area contributed by atoms with Crippen LogP contribution in [0.25, 0.3) is 0 Å². The van der Waals surface area contributed by atoms with Gasteiger partial charge < -0.3 is 10.6 Å².